The van der Waals surface area contributed by atoms with Crippen molar-refractivity contribution in [2.75, 3.05) is 13.1 Å². The molecule has 1 saturated heterocycles. The molecule has 2 heterocycles. The first kappa shape index (κ1) is 15.4. The van der Waals surface area contributed by atoms with E-state index in [4.69, 9.17) is 0 Å². The van der Waals surface area contributed by atoms with Crippen LogP contribution >= 0.6 is 0 Å². The molecule has 3 rings (SSSR count). The fourth-order valence-corrected chi connectivity index (χ4v) is 4.02. The van der Waals surface area contributed by atoms with Gasteiger partial charge in [-0.15, -0.1) is 0 Å². The van der Waals surface area contributed by atoms with E-state index >= 15 is 0 Å². The van der Waals surface area contributed by atoms with Gasteiger partial charge in [0.1, 0.15) is 0 Å². The van der Waals surface area contributed by atoms with Gasteiger partial charge < -0.3 is 10.2 Å². The van der Waals surface area contributed by atoms with E-state index in [1.807, 2.05) is 31.3 Å². The number of carbonyl (C=O) groups is 1. The number of nitrogens with one attached hydrogen (secondary N) is 1. The average Bonchev–Trinajstić information content (AvgIpc) is 3.02. The maximum Gasteiger partial charge on any atom is 0.317 e. The minimum atomic E-state index is 0.00637. The summed E-state index contributed by atoms with van der Waals surface area (Å²) in [6, 6.07) is 0.0874. The second-order valence-electron chi connectivity index (χ2n) is 7.20. The molecule has 1 N–H and O–H groups in total. The Morgan fingerprint density at radius 2 is 2.00 bits per heavy atom. The number of urea groups is 1. The quantitative estimate of drug-likeness (QED) is 0.912. The van der Waals surface area contributed by atoms with Gasteiger partial charge in [0.15, 0.2) is 0 Å². The van der Waals surface area contributed by atoms with Crippen LogP contribution in [0.3, 0.4) is 0 Å². The Balaban J connectivity index is 1.57. The van der Waals surface area contributed by atoms with E-state index in [0.717, 1.165) is 18.7 Å². The second-order valence-corrected chi connectivity index (χ2v) is 7.20. The van der Waals surface area contributed by atoms with E-state index in [1.54, 1.807) is 4.68 Å². The minimum absolute atomic E-state index is 0.00637. The van der Waals surface area contributed by atoms with Gasteiger partial charge in [0.2, 0.25) is 0 Å². The van der Waals surface area contributed by atoms with Gasteiger partial charge in [0, 0.05) is 31.9 Å². The molecule has 1 aliphatic carbocycles. The normalized spacial score (nSPS) is 22.5. The minimum Gasteiger partial charge on any atom is -0.331 e. The number of rotatable bonds is 2. The molecular formula is C17H28N4O. The highest BCUT2D eigenvalue weighted by Crippen LogP contribution is 2.42. The predicted molar refractivity (Wildman–Crippen MR) is 86.5 cm³/mol. The molecule has 1 atom stereocenters. The summed E-state index contributed by atoms with van der Waals surface area (Å²) in [5.41, 5.74) is 1.46. The average molecular weight is 304 g/mol. The van der Waals surface area contributed by atoms with Crippen LogP contribution in [0.25, 0.3) is 0 Å². The van der Waals surface area contributed by atoms with E-state index < -0.39 is 0 Å². The molecule has 0 aromatic carbocycles. The predicted octanol–water partition coefficient (Wildman–Crippen LogP) is 3.24. The van der Waals surface area contributed by atoms with E-state index in [2.05, 4.69) is 10.4 Å². The van der Waals surface area contributed by atoms with E-state index in [9.17, 15) is 4.79 Å². The molecule has 2 fully saturated rings. The summed E-state index contributed by atoms with van der Waals surface area (Å²) in [6.07, 6.45) is 13.0. The summed E-state index contributed by atoms with van der Waals surface area (Å²) in [4.78, 5) is 14.6. The van der Waals surface area contributed by atoms with Gasteiger partial charge in [-0.1, -0.05) is 25.7 Å². The highest BCUT2D eigenvalue weighted by molar-refractivity contribution is 5.75. The molecule has 0 radical (unpaired) electrons. The smallest absolute Gasteiger partial charge is 0.317 e. The third kappa shape index (κ3) is 3.28. The zero-order valence-corrected chi connectivity index (χ0v) is 13.8. The number of hydrogen-bond donors (Lipinski definition) is 1. The lowest BCUT2D eigenvalue weighted by Crippen LogP contribution is -2.40. The zero-order valence-electron chi connectivity index (χ0n) is 13.8. The van der Waals surface area contributed by atoms with Gasteiger partial charge in [0.05, 0.1) is 12.2 Å². The fraction of sp³-hybridized carbons (Fsp3) is 0.765. The van der Waals surface area contributed by atoms with Crippen LogP contribution in [0.2, 0.25) is 0 Å². The standard InChI is InChI=1S/C17H28N4O/c1-14(15-11-18-20(2)12-15)19-16(22)21-10-9-17(13-21)7-5-3-4-6-8-17/h11-12,14H,3-10,13H2,1-2H3,(H,19,22)/t14-/m0/s1. The van der Waals surface area contributed by atoms with Crippen molar-refractivity contribution < 1.29 is 4.79 Å². The van der Waals surface area contributed by atoms with Crippen LogP contribution in [-0.2, 0) is 7.05 Å². The van der Waals surface area contributed by atoms with Crippen molar-refractivity contribution in [1.82, 2.24) is 20.0 Å². The number of hydrogen-bond acceptors (Lipinski definition) is 2. The van der Waals surface area contributed by atoms with Gasteiger partial charge in [-0.2, -0.15) is 5.10 Å². The van der Waals surface area contributed by atoms with E-state index in [0.29, 0.717) is 5.41 Å². The van der Waals surface area contributed by atoms with Crippen LogP contribution in [0, 0.1) is 5.41 Å². The van der Waals surface area contributed by atoms with Crippen LogP contribution in [0.15, 0.2) is 12.4 Å². The summed E-state index contributed by atoms with van der Waals surface area (Å²) < 4.78 is 1.77. The number of aryl methyl sites for hydroxylation is 1. The van der Waals surface area contributed by atoms with Crippen molar-refractivity contribution in [1.29, 1.82) is 0 Å². The molecule has 0 unspecified atom stereocenters. The lowest BCUT2D eigenvalue weighted by Gasteiger charge is -2.28. The monoisotopic (exact) mass is 304 g/mol. The van der Waals surface area contributed by atoms with E-state index in [-0.39, 0.29) is 12.1 Å². The Morgan fingerprint density at radius 3 is 2.64 bits per heavy atom. The number of carbonyl (C=O) groups excluding carboxylic acids is 1. The van der Waals surface area contributed by atoms with Crippen molar-refractivity contribution >= 4 is 6.03 Å². The van der Waals surface area contributed by atoms with Crippen LogP contribution in [-0.4, -0.2) is 33.8 Å². The Labute approximate surface area is 133 Å². The summed E-state index contributed by atoms with van der Waals surface area (Å²) in [5.74, 6) is 0. The first-order valence-electron chi connectivity index (χ1n) is 8.62. The van der Waals surface area contributed by atoms with Gasteiger partial charge in [-0.25, -0.2) is 4.79 Å². The molecular weight excluding hydrogens is 276 g/mol. The van der Waals surface area contributed by atoms with Crippen LogP contribution in [0.4, 0.5) is 4.79 Å². The number of likely N-dealkylation sites (tertiary alicyclic amines) is 1. The molecule has 1 spiro atoms. The van der Waals surface area contributed by atoms with Crippen LogP contribution < -0.4 is 5.32 Å². The number of amides is 2. The third-order valence-electron chi connectivity index (χ3n) is 5.45. The molecule has 2 aliphatic rings. The van der Waals surface area contributed by atoms with Gasteiger partial charge in [-0.3, -0.25) is 4.68 Å². The topological polar surface area (TPSA) is 50.2 Å². The summed E-state index contributed by atoms with van der Waals surface area (Å²) in [6.45, 7) is 3.87. The first-order valence-corrected chi connectivity index (χ1v) is 8.62. The molecule has 122 valence electrons. The molecule has 0 bridgehead atoms. The SMILES string of the molecule is C[C@H](NC(=O)N1CCC2(CCCCCC2)C1)c1cnn(C)c1. The zero-order chi connectivity index (χ0) is 15.6. The second kappa shape index (κ2) is 6.31. The molecule has 1 aliphatic heterocycles. The van der Waals surface area contributed by atoms with Gasteiger partial charge in [0.25, 0.3) is 0 Å². The summed E-state index contributed by atoms with van der Waals surface area (Å²) in [7, 11) is 1.90. The number of nitrogens with zero attached hydrogens (tertiary/aromatic N) is 3. The van der Waals surface area contributed by atoms with Crippen molar-refractivity contribution in [2.24, 2.45) is 12.5 Å². The Bertz CT molecular complexity index is 516. The molecule has 1 aromatic rings. The van der Waals surface area contributed by atoms with Crippen molar-refractivity contribution in [3.63, 3.8) is 0 Å². The molecule has 22 heavy (non-hydrogen) atoms. The summed E-state index contributed by atoms with van der Waals surface area (Å²) >= 11 is 0. The van der Waals surface area contributed by atoms with Crippen LogP contribution in [0.1, 0.15) is 63.5 Å². The van der Waals surface area contributed by atoms with Crippen molar-refractivity contribution in [3.05, 3.63) is 18.0 Å². The Hall–Kier alpha value is -1.52. The fourth-order valence-electron chi connectivity index (χ4n) is 4.02. The maximum absolute atomic E-state index is 12.5. The largest absolute Gasteiger partial charge is 0.331 e. The Kier molecular flexibility index (Phi) is 4.41. The lowest BCUT2D eigenvalue weighted by atomic mass is 9.80. The van der Waals surface area contributed by atoms with Crippen LogP contribution in [0.5, 0.6) is 0 Å². The third-order valence-corrected chi connectivity index (χ3v) is 5.45. The molecule has 1 aromatic heterocycles. The highest BCUT2D eigenvalue weighted by Gasteiger charge is 2.39. The lowest BCUT2D eigenvalue weighted by molar-refractivity contribution is 0.191. The molecule has 1 saturated carbocycles. The first-order chi connectivity index (χ1) is 10.6. The van der Waals surface area contributed by atoms with Crippen molar-refractivity contribution in [3.8, 4) is 0 Å². The molecule has 5 heteroatoms. The Morgan fingerprint density at radius 1 is 1.27 bits per heavy atom. The number of aromatic nitrogens is 2. The molecule has 2 amide bonds. The highest BCUT2D eigenvalue weighted by atomic mass is 16.2. The molecule has 5 nitrogen and oxygen atoms in total. The van der Waals surface area contributed by atoms with Gasteiger partial charge >= 0.3 is 6.03 Å². The van der Waals surface area contributed by atoms with Crippen molar-refractivity contribution in [2.45, 2.75) is 57.9 Å². The maximum atomic E-state index is 12.5. The summed E-state index contributed by atoms with van der Waals surface area (Å²) in [5, 5.41) is 7.30. The van der Waals surface area contributed by atoms with E-state index in [1.165, 1.54) is 44.9 Å². The van der Waals surface area contributed by atoms with Gasteiger partial charge in [-0.05, 0) is 31.6 Å².